The van der Waals surface area contributed by atoms with E-state index in [1.807, 2.05) is 55.5 Å². The second kappa shape index (κ2) is 6.22. The van der Waals surface area contributed by atoms with Gasteiger partial charge in [0.25, 0.3) is 0 Å². The van der Waals surface area contributed by atoms with Crippen LogP contribution in [-0.2, 0) is 0 Å². The van der Waals surface area contributed by atoms with Crippen LogP contribution in [0.2, 0.25) is 0 Å². The van der Waals surface area contributed by atoms with Gasteiger partial charge in [0.15, 0.2) is 0 Å². The van der Waals surface area contributed by atoms with Crippen LogP contribution in [0.25, 0.3) is 11.3 Å². The zero-order valence-electron chi connectivity index (χ0n) is 12.2. The normalized spacial score (nSPS) is 10.2. The highest BCUT2D eigenvalue weighted by Crippen LogP contribution is 2.28. The zero-order valence-corrected chi connectivity index (χ0v) is 12.2. The molecule has 1 aromatic heterocycles. The molecule has 3 nitrogen and oxygen atoms in total. The molecule has 0 spiro atoms. The van der Waals surface area contributed by atoms with Crippen molar-refractivity contribution in [1.82, 2.24) is 4.98 Å². The van der Waals surface area contributed by atoms with Crippen LogP contribution in [0.1, 0.15) is 15.9 Å². The van der Waals surface area contributed by atoms with Crippen LogP contribution in [-0.4, -0.2) is 11.0 Å². The number of aromatic nitrogens is 1. The van der Waals surface area contributed by atoms with Gasteiger partial charge in [-0.25, -0.2) is 4.79 Å². The third-order valence-corrected chi connectivity index (χ3v) is 3.32. The van der Waals surface area contributed by atoms with E-state index in [1.165, 1.54) is 0 Å². The lowest BCUT2D eigenvalue weighted by molar-refractivity contribution is 0.0735. The van der Waals surface area contributed by atoms with Gasteiger partial charge in [0.2, 0.25) is 0 Å². The smallest absolute Gasteiger partial charge is 0.343 e. The number of nitrogens with zero attached hydrogens (tertiary/aromatic N) is 1. The summed E-state index contributed by atoms with van der Waals surface area (Å²) in [5.74, 6) is 0.134. The van der Waals surface area contributed by atoms with E-state index in [-0.39, 0.29) is 5.97 Å². The van der Waals surface area contributed by atoms with Gasteiger partial charge in [-0.3, -0.25) is 4.98 Å². The molecule has 0 fully saturated rings. The van der Waals surface area contributed by atoms with Crippen LogP contribution in [0.15, 0.2) is 72.9 Å². The van der Waals surface area contributed by atoms with Crippen LogP contribution in [0.5, 0.6) is 5.75 Å². The van der Waals surface area contributed by atoms with E-state index in [9.17, 15) is 4.79 Å². The number of rotatable bonds is 3. The maximum absolute atomic E-state index is 12.3. The van der Waals surface area contributed by atoms with Crippen molar-refractivity contribution in [3.05, 3.63) is 84.1 Å². The largest absolute Gasteiger partial charge is 0.422 e. The van der Waals surface area contributed by atoms with Gasteiger partial charge in [-0.15, -0.1) is 0 Å². The lowest BCUT2D eigenvalue weighted by atomic mass is 10.1. The molecule has 0 N–H and O–H groups in total. The van der Waals surface area contributed by atoms with Gasteiger partial charge in [-0.05, 0) is 43.3 Å². The first-order chi connectivity index (χ1) is 10.7. The van der Waals surface area contributed by atoms with Gasteiger partial charge in [0, 0.05) is 11.8 Å². The Kier molecular flexibility index (Phi) is 3.97. The summed E-state index contributed by atoms with van der Waals surface area (Å²) in [7, 11) is 0. The summed E-state index contributed by atoms with van der Waals surface area (Å²) in [6.07, 6.45) is 1.72. The summed E-state index contributed by atoms with van der Waals surface area (Å²) in [5.41, 5.74) is 3.20. The van der Waals surface area contributed by atoms with Gasteiger partial charge >= 0.3 is 5.97 Å². The highest BCUT2D eigenvalue weighted by Gasteiger charge is 2.12. The highest BCUT2D eigenvalue weighted by molar-refractivity contribution is 5.92. The second-order valence-electron chi connectivity index (χ2n) is 4.97. The predicted molar refractivity (Wildman–Crippen MR) is 85.8 cm³/mol. The Morgan fingerprint density at radius 2 is 1.64 bits per heavy atom. The summed E-state index contributed by atoms with van der Waals surface area (Å²) >= 11 is 0. The highest BCUT2D eigenvalue weighted by atomic mass is 16.5. The molecule has 0 amide bonds. The summed E-state index contributed by atoms with van der Waals surface area (Å²) in [5, 5.41) is 0. The van der Waals surface area contributed by atoms with Gasteiger partial charge in [0.1, 0.15) is 5.75 Å². The molecule has 0 atom stereocenters. The molecule has 0 saturated carbocycles. The standard InChI is InChI=1S/C19H15NO2/c1-14-9-11-15(12-10-14)19(21)22-18-8-3-2-6-16(18)17-7-4-5-13-20-17/h2-13H,1H3. The van der Waals surface area contributed by atoms with Crippen molar-refractivity contribution in [3.63, 3.8) is 0 Å². The van der Waals surface area contributed by atoms with Crippen molar-refractivity contribution in [2.75, 3.05) is 0 Å². The Labute approximate surface area is 129 Å². The van der Waals surface area contributed by atoms with Crippen molar-refractivity contribution >= 4 is 5.97 Å². The predicted octanol–water partition coefficient (Wildman–Crippen LogP) is 4.28. The van der Waals surface area contributed by atoms with Crippen molar-refractivity contribution in [1.29, 1.82) is 0 Å². The molecule has 0 unspecified atom stereocenters. The molecule has 0 saturated heterocycles. The number of hydrogen-bond acceptors (Lipinski definition) is 3. The minimum Gasteiger partial charge on any atom is -0.422 e. The van der Waals surface area contributed by atoms with Crippen molar-refractivity contribution < 1.29 is 9.53 Å². The first kappa shape index (κ1) is 14.0. The van der Waals surface area contributed by atoms with Crippen LogP contribution in [0, 0.1) is 6.92 Å². The van der Waals surface area contributed by atoms with Gasteiger partial charge in [-0.2, -0.15) is 0 Å². The number of carbonyl (C=O) groups excluding carboxylic acids is 1. The Morgan fingerprint density at radius 1 is 0.909 bits per heavy atom. The Morgan fingerprint density at radius 3 is 2.36 bits per heavy atom. The third kappa shape index (κ3) is 3.04. The molecule has 3 heteroatoms. The Balaban J connectivity index is 1.90. The molecular formula is C19H15NO2. The molecule has 3 aromatic rings. The fourth-order valence-corrected chi connectivity index (χ4v) is 2.14. The lowest BCUT2D eigenvalue weighted by Gasteiger charge is -2.09. The number of hydrogen-bond donors (Lipinski definition) is 0. The van der Waals surface area contributed by atoms with Crippen molar-refractivity contribution in [3.8, 4) is 17.0 Å². The molecule has 108 valence electrons. The summed E-state index contributed by atoms with van der Waals surface area (Å²) in [6.45, 7) is 1.98. The van der Waals surface area contributed by atoms with Crippen LogP contribution < -0.4 is 4.74 Å². The van der Waals surface area contributed by atoms with Crippen LogP contribution >= 0.6 is 0 Å². The first-order valence-electron chi connectivity index (χ1n) is 7.03. The van der Waals surface area contributed by atoms with Crippen LogP contribution in [0.3, 0.4) is 0 Å². The fraction of sp³-hybridized carbons (Fsp3) is 0.0526. The molecule has 0 radical (unpaired) electrons. The maximum Gasteiger partial charge on any atom is 0.343 e. The summed E-state index contributed by atoms with van der Waals surface area (Å²) in [4.78, 5) is 16.6. The van der Waals surface area contributed by atoms with Gasteiger partial charge in [0.05, 0.1) is 11.3 Å². The number of esters is 1. The molecule has 0 aliphatic heterocycles. The van der Waals surface area contributed by atoms with E-state index >= 15 is 0 Å². The molecule has 1 heterocycles. The second-order valence-corrected chi connectivity index (χ2v) is 4.97. The maximum atomic E-state index is 12.3. The van der Waals surface area contributed by atoms with Crippen molar-refractivity contribution in [2.45, 2.75) is 6.92 Å². The molecule has 0 aliphatic carbocycles. The quantitative estimate of drug-likeness (QED) is 0.533. The average Bonchev–Trinajstić information content (AvgIpc) is 2.57. The van der Waals surface area contributed by atoms with E-state index in [0.29, 0.717) is 11.3 Å². The Hall–Kier alpha value is -2.94. The number of pyridine rings is 1. The minimum absolute atomic E-state index is 0.372. The average molecular weight is 289 g/mol. The SMILES string of the molecule is Cc1ccc(C(=O)Oc2ccccc2-c2ccccn2)cc1. The third-order valence-electron chi connectivity index (χ3n) is 3.32. The molecular weight excluding hydrogens is 274 g/mol. The molecule has 0 bridgehead atoms. The van der Waals surface area contributed by atoms with E-state index in [4.69, 9.17) is 4.74 Å². The lowest BCUT2D eigenvalue weighted by Crippen LogP contribution is -2.09. The number of aryl methyl sites for hydroxylation is 1. The fourth-order valence-electron chi connectivity index (χ4n) is 2.14. The molecule has 22 heavy (non-hydrogen) atoms. The molecule has 2 aromatic carbocycles. The number of para-hydroxylation sites is 1. The van der Waals surface area contributed by atoms with E-state index in [2.05, 4.69) is 4.98 Å². The van der Waals surface area contributed by atoms with Crippen LogP contribution in [0.4, 0.5) is 0 Å². The Bertz CT molecular complexity index is 780. The number of benzene rings is 2. The van der Waals surface area contributed by atoms with E-state index in [0.717, 1.165) is 16.8 Å². The summed E-state index contributed by atoms with van der Waals surface area (Å²) in [6, 6.07) is 20.3. The van der Waals surface area contributed by atoms with Crippen molar-refractivity contribution in [2.24, 2.45) is 0 Å². The minimum atomic E-state index is -0.372. The number of carbonyl (C=O) groups is 1. The monoisotopic (exact) mass is 289 g/mol. The van der Waals surface area contributed by atoms with Gasteiger partial charge < -0.3 is 4.74 Å². The van der Waals surface area contributed by atoms with Gasteiger partial charge in [-0.1, -0.05) is 35.9 Å². The number of ether oxygens (including phenoxy) is 1. The molecule has 0 aliphatic rings. The summed E-state index contributed by atoms with van der Waals surface area (Å²) < 4.78 is 5.55. The van der Waals surface area contributed by atoms with E-state index in [1.54, 1.807) is 24.4 Å². The van der Waals surface area contributed by atoms with E-state index < -0.39 is 0 Å². The first-order valence-corrected chi connectivity index (χ1v) is 7.03. The molecule has 3 rings (SSSR count). The zero-order chi connectivity index (χ0) is 15.4. The topological polar surface area (TPSA) is 39.2 Å².